The molecule has 19 heavy (non-hydrogen) atoms. The maximum atomic E-state index is 12.3. The van der Waals surface area contributed by atoms with Gasteiger partial charge in [-0.25, -0.2) is 4.98 Å². The number of amides is 1. The first-order valence-corrected chi connectivity index (χ1v) is 7.46. The van der Waals surface area contributed by atoms with Gasteiger partial charge in [0.1, 0.15) is 10.7 Å². The Morgan fingerprint density at radius 3 is 2.58 bits per heavy atom. The number of thiazole rings is 1. The minimum absolute atomic E-state index is 0.0888. The van der Waals surface area contributed by atoms with Gasteiger partial charge in [-0.15, -0.1) is 0 Å². The van der Waals surface area contributed by atoms with Crippen LogP contribution in [-0.2, 0) is 0 Å². The fraction of sp³-hybridized carbons (Fsp3) is 0.692. The van der Waals surface area contributed by atoms with E-state index in [9.17, 15) is 4.79 Å². The van der Waals surface area contributed by atoms with Crippen molar-refractivity contribution in [3.8, 4) is 0 Å². The highest BCUT2D eigenvalue weighted by molar-refractivity contribution is 7.18. The SMILES string of the molecule is CC1CCC(NC(=O)c2sc(N(C)C)nc2N)C1C. The van der Waals surface area contributed by atoms with Gasteiger partial charge in [-0.05, 0) is 24.7 Å². The fourth-order valence-corrected chi connectivity index (χ4v) is 3.29. The minimum Gasteiger partial charge on any atom is -0.382 e. The van der Waals surface area contributed by atoms with Crippen LogP contribution < -0.4 is 16.0 Å². The third kappa shape index (κ3) is 2.83. The highest BCUT2D eigenvalue weighted by Crippen LogP contribution is 2.32. The molecule has 1 aromatic rings. The molecule has 1 amide bonds. The Bertz CT molecular complexity index is 471. The number of nitrogens with one attached hydrogen (secondary N) is 1. The summed E-state index contributed by atoms with van der Waals surface area (Å²) in [6.45, 7) is 4.44. The minimum atomic E-state index is -0.0888. The van der Waals surface area contributed by atoms with Crippen molar-refractivity contribution in [2.75, 3.05) is 24.7 Å². The van der Waals surface area contributed by atoms with Crippen LogP contribution in [0, 0.1) is 11.8 Å². The summed E-state index contributed by atoms with van der Waals surface area (Å²) in [5, 5.41) is 3.86. The molecule has 1 aliphatic rings. The van der Waals surface area contributed by atoms with Crippen molar-refractivity contribution in [1.82, 2.24) is 10.3 Å². The van der Waals surface area contributed by atoms with Gasteiger partial charge in [-0.1, -0.05) is 25.2 Å². The van der Waals surface area contributed by atoms with Crippen LogP contribution >= 0.6 is 11.3 Å². The Balaban J connectivity index is 2.08. The molecule has 0 saturated heterocycles. The number of carbonyl (C=O) groups is 1. The number of carbonyl (C=O) groups excluding carboxylic acids is 1. The van der Waals surface area contributed by atoms with E-state index in [0.717, 1.165) is 11.6 Å². The van der Waals surface area contributed by atoms with Crippen LogP contribution in [0.1, 0.15) is 36.4 Å². The molecule has 6 heteroatoms. The molecule has 1 saturated carbocycles. The van der Waals surface area contributed by atoms with Crippen molar-refractivity contribution < 1.29 is 4.79 Å². The monoisotopic (exact) mass is 282 g/mol. The Kier molecular flexibility index (Phi) is 3.99. The predicted molar refractivity (Wildman–Crippen MR) is 79.7 cm³/mol. The number of nitrogen functional groups attached to an aromatic ring is 1. The first kappa shape index (κ1) is 14.1. The maximum absolute atomic E-state index is 12.3. The standard InChI is InChI=1S/C13H22N4OS/c1-7-5-6-9(8(7)2)15-12(18)10-11(14)16-13(19-10)17(3)4/h7-9H,5-6,14H2,1-4H3,(H,15,18). The second-order valence-electron chi connectivity index (χ2n) is 5.60. The molecule has 0 bridgehead atoms. The third-order valence-corrected chi connectivity index (χ3v) is 5.25. The maximum Gasteiger partial charge on any atom is 0.265 e. The van der Waals surface area contributed by atoms with Crippen molar-refractivity contribution in [3.63, 3.8) is 0 Å². The molecule has 3 N–H and O–H groups in total. The van der Waals surface area contributed by atoms with Crippen molar-refractivity contribution in [2.24, 2.45) is 11.8 Å². The van der Waals surface area contributed by atoms with Gasteiger partial charge in [0.15, 0.2) is 5.13 Å². The second-order valence-corrected chi connectivity index (χ2v) is 6.58. The van der Waals surface area contributed by atoms with Gasteiger partial charge in [-0.3, -0.25) is 4.79 Å². The molecule has 0 aromatic carbocycles. The van der Waals surface area contributed by atoms with Crippen LogP contribution in [-0.4, -0.2) is 31.0 Å². The lowest BCUT2D eigenvalue weighted by atomic mass is 9.98. The Morgan fingerprint density at radius 2 is 2.11 bits per heavy atom. The lowest BCUT2D eigenvalue weighted by Crippen LogP contribution is -2.37. The van der Waals surface area contributed by atoms with E-state index in [1.807, 2.05) is 19.0 Å². The molecule has 1 heterocycles. The van der Waals surface area contributed by atoms with Crippen molar-refractivity contribution in [3.05, 3.63) is 4.88 Å². The summed E-state index contributed by atoms with van der Waals surface area (Å²) >= 11 is 1.34. The zero-order valence-corrected chi connectivity index (χ0v) is 12.8. The zero-order chi connectivity index (χ0) is 14.2. The number of anilines is 2. The fourth-order valence-electron chi connectivity index (χ4n) is 2.48. The van der Waals surface area contributed by atoms with Crippen molar-refractivity contribution in [2.45, 2.75) is 32.7 Å². The van der Waals surface area contributed by atoms with E-state index < -0.39 is 0 Å². The molecule has 2 rings (SSSR count). The van der Waals surface area contributed by atoms with Crippen LogP contribution in [0.4, 0.5) is 10.9 Å². The number of nitrogens with two attached hydrogens (primary N) is 1. The van der Waals surface area contributed by atoms with E-state index >= 15 is 0 Å². The van der Waals surface area contributed by atoms with Gasteiger partial charge in [0, 0.05) is 20.1 Å². The summed E-state index contributed by atoms with van der Waals surface area (Å²) in [7, 11) is 3.78. The molecule has 3 unspecified atom stereocenters. The summed E-state index contributed by atoms with van der Waals surface area (Å²) in [5.41, 5.74) is 5.83. The van der Waals surface area contributed by atoms with Crippen molar-refractivity contribution >= 4 is 28.2 Å². The summed E-state index contributed by atoms with van der Waals surface area (Å²) in [6, 6.07) is 0.256. The molecule has 5 nitrogen and oxygen atoms in total. The van der Waals surface area contributed by atoms with Gasteiger partial charge in [0.05, 0.1) is 0 Å². The Hall–Kier alpha value is -1.30. The lowest BCUT2D eigenvalue weighted by Gasteiger charge is -2.19. The quantitative estimate of drug-likeness (QED) is 0.889. The second kappa shape index (κ2) is 5.36. The number of rotatable bonds is 3. The number of hydrogen-bond acceptors (Lipinski definition) is 5. The molecule has 0 radical (unpaired) electrons. The Morgan fingerprint density at radius 1 is 1.42 bits per heavy atom. The van der Waals surface area contributed by atoms with Gasteiger partial charge in [0.25, 0.3) is 5.91 Å². The normalized spacial score (nSPS) is 26.4. The Labute approximate surface area is 118 Å². The zero-order valence-electron chi connectivity index (χ0n) is 11.9. The van der Waals surface area contributed by atoms with E-state index in [-0.39, 0.29) is 11.9 Å². The summed E-state index contributed by atoms with van der Waals surface area (Å²) < 4.78 is 0. The molecule has 1 aliphatic carbocycles. The molecular formula is C13H22N4OS. The largest absolute Gasteiger partial charge is 0.382 e. The summed E-state index contributed by atoms with van der Waals surface area (Å²) in [5.74, 6) is 1.42. The smallest absolute Gasteiger partial charge is 0.265 e. The van der Waals surface area contributed by atoms with E-state index in [1.165, 1.54) is 17.8 Å². The predicted octanol–water partition coefficient (Wildman–Crippen LogP) is 1.96. The number of aromatic nitrogens is 1. The van der Waals surface area contributed by atoms with E-state index in [2.05, 4.69) is 24.1 Å². The number of hydrogen-bond donors (Lipinski definition) is 2. The molecule has 106 valence electrons. The summed E-state index contributed by atoms with van der Waals surface area (Å²) in [6.07, 6.45) is 2.22. The van der Waals surface area contributed by atoms with Gasteiger partial charge in [0.2, 0.25) is 0 Å². The lowest BCUT2D eigenvalue weighted by molar-refractivity contribution is 0.0932. The van der Waals surface area contributed by atoms with E-state index in [0.29, 0.717) is 22.5 Å². The first-order chi connectivity index (χ1) is 8.90. The topological polar surface area (TPSA) is 71.2 Å². The summed E-state index contributed by atoms with van der Waals surface area (Å²) in [4.78, 5) is 18.9. The van der Waals surface area contributed by atoms with Crippen LogP contribution in [0.25, 0.3) is 0 Å². The van der Waals surface area contributed by atoms with Gasteiger partial charge < -0.3 is 16.0 Å². The molecule has 0 spiro atoms. The van der Waals surface area contributed by atoms with E-state index in [4.69, 9.17) is 5.73 Å². The van der Waals surface area contributed by atoms with Crippen LogP contribution in [0.5, 0.6) is 0 Å². The highest BCUT2D eigenvalue weighted by Gasteiger charge is 2.31. The van der Waals surface area contributed by atoms with Gasteiger partial charge in [-0.2, -0.15) is 0 Å². The van der Waals surface area contributed by atoms with Crippen LogP contribution in [0.2, 0.25) is 0 Å². The molecule has 1 fully saturated rings. The average Bonchev–Trinajstić information content (AvgIpc) is 2.87. The molecule has 1 aromatic heterocycles. The van der Waals surface area contributed by atoms with E-state index in [1.54, 1.807) is 0 Å². The van der Waals surface area contributed by atoms with Crippen molar-refractivity contribution in [1.29, 1.82) is 0 Å². The van der Waals surface area contributed by atoms with Crippen LogP contribution in [0.3, 0.4) is 0 Å². The van der Waals surface area contributed by atoms with Crippen LogP contribution in [0.15, 0.2) is 0 Å². The molecule has 0 aliphatic heterocycles. The average molecular weight is 282 g/mol. The number of nitrogens with zero attached hydrogens (tertiary/aromatic N) is 2. The molecule has 3 atom stereocenters. The third-order valence-electron chi connectivity index (χ3n) is 4.01. The first-order valence-electron chi connectivity index (χ1n) is 6.64. The molecular weight excluding hydrogens is 260 g/mol. The highest BCUT2D eigenvalue weighted by atomic mass is 32.1. The van der Waals surface area contributed by atoms with Gasteiger partial charge >= 0.3 is 0 Å².